The minimum atomic E-state index is -0.00120. The lowest BCUT2D eigenvalue weighted by Gasteiger charge is -2.25. The predicted molar refractivity (Wildman–Crippen MR) is 70.5 cm³/mol. The van der Waals surface area contributed by atoms with E-state index in [4.69, 9.17) is 11.6 Å². The van der Waals surface area contributed by atoms with Crippen LogP contribution in [0.3, 0.4) is 0 Å². The van der Waals surface area contributed by atoms with Crippen molar-refractivity contribution in [2.45, 2.75) is 6.54 Å². The van der Waals surface area contributed by atoms with E-state index in [2.05, 4.69) is 9.98 Å². The van der Waals surface area contributed by atoms with Crippen LogP contribution in [0.4, 0.5) is 0 Å². The normalized spacial score (nSPS) is 16.0. The van der Waals surface area contributed by atoms with Gasteiger partial charge in [0.15, 0.2) is 5.04 Å². The van der Waals surface area contributed by atoms with Crippen molar-refractivity contribution in [1.29, 1.82) is 0 Å². The molecule has 0 N–H and O–H groups in total. The molecule has 1 aliphatic heterocycles. The van der Waals surface area contributed by atoms with Gasteiger partial charge >= 0.3 is 0 Å². The molecule has 1 aromatic rings. The van der Waals surface area contributed by atoms with E-state index in [0.29, 0.717) is 29.8 Å². The molecule has 0 atom stereocenters. The molecule has 0 radical (unpaired) electrons. The third-order valence-electron chi connectivity index (χ3n) is 2.45. The summed E-state index contributed by atoms with van der Waals surface area (Å²) in [6, 6.07) is 3.61. The van der Waals surface area contributed by atoms with Gasteiger partial charge in [-0.15, -0.1) is 11.8 Å². The lowest BCUT2D eigenvalue weighted by Crippen LogP contribution is -2.40. The van der Waals surface area contributed by atoms with E-state index < -0.39 is 0 Å². The smallest absolute Gasteiger partial charge is 0.278 e. The average Bonchev–Trinajstić information content (AvgIpc) is 2.35. The van der Waals surface area contributed by atoms with Crippen molar-refractivity contribution in [3.63, 3.8) is 0 Å². The van der Waals surface area contributed by atoms with Crippen LogP contribution in [0.5, 0.6) is 0 Å². The molecule has 2 heterocycles. The first-order valence-electron chi connectivity index (χ1n) is 5.19. The Kier molecular flexibility index (Phi) is 4.02. The summed E-state index contributed by atoms with van der Waals surface area (Å²) in [5.41, 5.74) is 0.977. The second-order valence-corrected chi connectivity index (χ2v) is 4.79. The van der Waals surface area contributed by atoms with E-state index in [1.54, 1.807) is 17.2 Å². The summed E-state index contributed by atoms with van der Waals surface area (Å²) in [5.74, 6) is -0.00120. The molecule has 0 saturated heterocycles. The standard InChI is InChI=1S/C11H12ClN3OS/c1-17-10-11(16)15(5-4-13-10)7-8-2-3-9(12)14-6-8/h2-3,6H,4-5,7H2,1H3. The van der Waals surface area contributed by atoms with Gasteiger partial charge in [0, 0.05) is 19.3 Å². The van der Waals surface area contributed by atoms with Gasteiger partial charge in [-0.1, -0.05) is 17.7 Å². The number of aromatic nitrogens is 1. The fourth-order valence-corrected chi connectivity index (χ4v) is 2.24. The molecule has 0 aliphatic carbocycles. The van der Waals surface area contributed by atoms with Crippen LogP contribution in [0.1, 0.15) is 5.56 Å². The molecule has 2 rings (SSSR count). The Bertz CT molecular complexity index is 447. The van der Waals surface area contributed by atoms with Crippen molar-refractivity contribution >= 4 is 34.3 Å². The fourth-order valence-electron chi connectivity index (χ4n) is 1.60. The highest BCUT2D eigenvalue weighted by Gasteiger charge is 2.22. The summed E-state index contributed by atoms with van der Waals surface area (Å²) < 4.78 is 0. The van der Waals surface area contributed by atoms with Gasteiger partial charge in [-0.25, -0.2) is 4.98 Å². The zero-order chi connectivity index (χ0) is 12.3. The Hall–Kier alpha value is -1.07. The Balaban J connectivity index is 2.07. The molecule has 0 unspecified atom stereocenters. The van der Waals surface area contributed by atoms with Crippen LogP contribution in [-0.4, -0.2) is 40.2 Å². The molecule has 1 aliphatic rings. The zero-order valence-corrected chi connectivity index (χ0v) is 11.0. The molecule has 1 amide bonds. The molecule has 0 bridgehead atoms. The number of carbonyl (C=O) groups excluding carboxylic acids is 1. The van der Waals surface area contributed by atoms with Gasteiger partial charge in [-0.3, -0.25) is 9.79 Å². The van der Waals surface area contributed by atoms with E-state index in [-0.39, 0.29) is 5.91 Å². The van der Waals surface area contributed by atoms with Crippen LogP contribution < -0.4 is 0 Å². The topological polar surface area (TPSA) is 45.6 Å². The third-order valence-corrected chi connectivity index (χ3v) is 3.36. The van der Waals surface area contributed by atoms with Gasteiger partial charge in [0.25, 0.3) is 5.91 Å². The van der Waals surface area contributed by atoms with E-state index in [1.807, 2.05) is 12.3 Å². The molecular formula is C11H12ClN3OS. The number of amides is 1. The highest BCUT2D eigenvalue weighted by Crippen LogP contribution is 2.13. The first-order chi connectivity index (χ1) is 8.20. The third kappa shape index (κ3) is 2.98. The number of nitrogens with zero attached hydrogens (tertiary/aromatic N) is 3. The largest absolute Gasteiger partial charge is 0.331 e. The summed E-state index contributed by atoms with van der Waals surface area (Å²) in [6.45, 7) is 1.89. The van der Waals surface area contributed by atoms with Gasteiger partial charge in [0.1, 0.15) is 5.15 Å². The van der Waals surface area contributed by atoms with Crippen LogP contribution in [0.25, 0.3) is 0 Å². The summed E-state index contributed by atoms with van der Waals surface area (Å²) >= 11 is 7.11. The lowest BCUT2D eigenvalue weighted by atomic mass is 10.2. The lowest BCUT2D eigenvalue weighted by molar-refractivity contribution is -0.124. The van der Waals surface area contributed by atoms with E-state index >= 15 is 0 Å². The Morgan fingerprint density at radius 3 is 3.00 bits per heavy atom. The van der Waals surface area contributed by atoms with Crippen molar-refractivity contribution in [2.75, 3.05) is 19.3 Å². The minimum Gasteiger partial charge on any atom is -0.331 e. The van der Waals surface area contributed by atoms with Crippen molar-refractivity contribution in [2.24, 2.45) is 4.99 Å². The molecule has 90 valence electrons. The van der Waals surface area contributed by atoms with Gasteiger partial charge in [-0.05, 0) is 17.9 Å². The van der Waals surface area contributed by atoms with Gasteiger partial charge < -0.3 is 4.90 Å². The summed E-state index contributed by atoms with van der Waals surface area (Å²) in [6.07, 6.45) is 3.56. The maximum absolute atomic E-state index is 12.0. The molecule has 0 saturated carbocycles. The molecule has 6 heteroatoms. The van der Waals surface area contributed by atoms with Crippen molar-refractivity contribution < 1.29 is 4.79 Å². The highest BCUT2D eigenvalue weighted by molar-refractivity contribution is 8.15. The molecular weight excluding hydrogens is 258 g/mol. The van der Waals surface area contributed by atoms with Crippen LogP contribution in [0.15, 0.2) is 23.3 Å². The van der Waals surface area contributed by atoms with Crippen molar-refractivity contribution in [3.8, 4) is 0 Å². The van der Waals surface area contributed by atoms with Crippen LogP contribution >= 0.6 is 23.4 Å². The van der Waals surface area contributed by atoms with Gasteiger partial charge in [0.05, 0.1) is 6.54 Å². The molecule has 0 spiro atoms. The van der Waals surface area contributed by atoms with E-state index in [9.17, 15) is 4.79 Å². The fraction of sp³-hybridized carbons (Fsp3) is 0.364. The maximum Gasteiger partial charge on any atom is 0.278 e. The summed E-state index contributed by atoms with van der Waals surface area (Å²) in [4.78, 5) is 21.9. The van der Waals surface area contributed by atoms with E-state index in [1.165, 1.54) is 11.8 Å². The molecule has 0 aromatic carbocycles. The first kappa shape index (κ1) is 12.4. The number of pyridine rings is 1. The van der Waals surface area contributed by atoms with Gasteiger partial charge in [0.2, 0.25) is 0 Å². The Labute approximate surface area is 109 Å². The number of rotatable bonds is 2. The number of hydrogen-bond donors (Lipinski definition) is 0. The molecule has 17 heavy (non-hydrogen) atoms. The number of thioether (sulfide) groups is 1. The van der Waals surface area contributed by atoms with Gasteiger partial charge in [-0.2, -0.15) is 0 Å². The molecule has 4 nitrogen and oxygen atoms in total. The second kappa shape index (κ2) is 5.51. The summed E-state index contributed by atoms with van der Waals surface area (Å²) in [5, 5.41) is 1.04. The molecule has 0 fully saturated rings. The Morgan fingerprint density at radius 2 is 2.35 bits per heavy atom. The quantitative estimate of drug-likeness (QED) is 0.770. The minimum absolute atomic E-state index is 0.00120. The number of carbonyl (C=O) groups is 1. The zero-order valence-electron chi connectivity index (χ0n) is 9.39. The van der Waals surface area contributed by atoms with Crippen molar-refractivity contribution in [1.82, 2.24) is 9.88 Å². The Morgan fingerprint density at radius 1 is 1.53 bits per heavy atom. The average molecular weight is 270 g/mol. The van der Waals surface area contributed by atoms with Crippen molar-refractivity contribution in [3.05, 3.63) is 29.0 Å². The van der Waals surface area contributed by atoms with E-state index in [0.717, 1.165) is 5.56 Å². The molecule has 1 aromatic heterocycles. The SMILES string of the molecule is CSC1=NCCN(Cc2ccc(Cl)nc2)C1=O. The monoisotopic (exact) mass is 269 g/mol. The van der Waals surface area contributed by atoms with Crippen LogP contribution in [0.2, 0.25) is 5.15 Å². The van der Waals surface area contributed by atoms with Crippen LogP contribution in [-0.2, 0) is 11.3 Å². The predicted octanol–water partition coefficient (Wildman–Crippen LogP) is 1.84. The first-order valence-corrected chi connectivity index (χ1v) is 6.79. The number of aliphatic imine (C=N–C) groups is 1. The number of halogens is 1. The highest BCUT2D eigenvalue weighted by atomic mass is 35.5. The second-order valence-electron chi connectivity index (χ2n) is 3.61. The van der Waals surface area contributed by atoms with Crippen LogP contribution in [0, 0.1) is 0 Å². The number of hydrogen-bond acceptors (Lipinski definition) is 4. The maximum atomic E-state index is 12.0. The summed E-state index contributed by atoms with van der Waals surface area (Å²) in [7, 11) is 0.